The second-order valence-corrected chi connectivity index (χ2v) is 5.91. The summed E-state index contributed by atoms with van der Waals surface area (Å²) in [4.78, 5) is 16.0. The van der Waals surface area contributed by atoms with Gasteiger partial charge >= 0.3 is 103 Å². The molecule has 5 rings (SSSR count). The Hall–Kier alpha value is -0.127. The Morgan fingerprint density at radius 1 is 0.462 bits per heavy atom. The maximum atomic E-state index is 4.63. The normalized spacial score (nSPS) is 11.7. The number of hydrogen-bond acceptors (Lipinski definition) is 2. The summed E-state index contributed by atoms with van der Waals surface area (Å²) in [7, 11) is 0. The van der Waals surface area contributed by atoms with Crippen molar-refractivity contribution in [3.8, 4) is 0 Å². The molecular weight excluding hydrogens is 374 g/mol. The van der Waals surface area contributed by atoms with Crippen LogP contribution < -0.4 is 0 Å². The Bertz CT molecular complexity index is 994. The van der Waals surface area contributed by atoms with E-state index < -0.39 is 0 Å². The van der Waals surface area contributed by atoms with Crippen LogP contribution in [0, 0.1) is 0 Å². The molecule has 3 aromatic rings. The number of aromatic amines is 2. The van der Waals surface area contributed by atoms with Crippen molar-refractivity contribution in [3.63, 3.8) is 0 Å². The van der Waals surface area contributed by atoms with E-state index in [4.69, 9.17) is 0 Å². The Kier molecular flexibility index (Phi) is 7.07. The zero-order chi connectivity index (χ0) is 15.9. The topological polar surface area (TPSA) is 57.4 Å². The van der Waals surface area contributed by atoms with Gasteiger partial charge in [-0.15, -0.1) is 0 Å². The van der Waals surface area contributed by atoms with E-state index in [1.807, 2.05) is 48.6 Å². The average molecular weight is 391 g/mol. The van der Waals surface area contributed by atoms with Crippen molar-refractivity contribution < 1.29 is 0 Å². The van der Waals surface area contributed by atoms with E-state index in [0.717, 1.165) is 44.8 Å². The van der Waals surface area contributed by atoms with Gasteiger partial charge in [0, 0.05) is 22.1 Å². The quantitative estimate of drug-likeness (QED) is 0.398. The van der Waals surface area contributed by atoms with E-state index in [1.54, 1.807) is 0 Å². The van der Waals surface area contributed by atoms with Crippen LogP contribution in [0.2, 0.25) is 0 Å². The van der Waals surface area contributed by atoms with Crippen molar-refractivity contribution in [2.24, 2.45) is 0 Å². The molecule has 26 heavy (non-hydrogen) atoms. The predicted octanol–water partition coefficient (Wildman–Crippen LogP) is 3.36. The van der Waals surface area contributed by atoms with Crippen LogP contribution in [0.5, 0.6) is 0 Å². The molecule has 0 fully saturated rings. The van der Waals surface area contributed by atoms with E-state index in [9.17, 15) is 0 Å². The molecule has 4 nitrogen and oxygen atoms in total. The molecule has 3 aromatic heterocycles. The summed E-state index contributed by atoms with van der Waals surface area (Å²) in [6.45, 7) is 0. The third-order valence-electron chi connectivity index (χ3n) is 4.04. The second-order valence-electron chi connectivity index (χ2n) is 5.91. The molecule has 2 aliphatic rings. The molecule has 0 spiro atoms. The summed E-state index contributed by atoms with van der Waals surface area (Å²) in [5, 5.41) is 0. The molecule has 0 atom stereocenters. The Balaban J connectivity index is 0.000000980. The summed E-state index contributed by atoms with van der Waals surface area (Å²) >= 11 is 0. The van der Waals surface area contributed by atoms with Crippen molar-refractivity contribution in [2.45, 2.75) is 0 Å². The van der Waals surface area contributed by atoms with Gasteiger partial charge in [0.05, 0.1) is 22.8 Å². The molecule has 0 radical (unpaired) electrons. The molecule has 2 N–H and O–H groups in total. The van der Waals surface area contributed by atoms with Crippen molar-refractivity contribution in [1.29, 1.82) is 0 Å². The van der Waals surface area contributed by atoms with E-state index in [0.29, 0.717) is 0 Å². The Morgan fingerprint density at radius 3 is 1.00 bits per heavy atom. The van der Waals surface area contributed by atoms with Crippen LogP contribution in [0.1, 0.15) is 22.8 Å². The van der Waals surface area contributed by atoms with Gasteiger partial charge in [0.15, 0.2) is 0 Å². The summed E-state index contributed by atoms with van der Waals surface area (Å²) in [6, 6.07) is 16.4. The first-order chi connectivity index (χ1) is 11.8. The van der Waals surface area contributed by atoms with Gasteiger partial charge in [0.2, 0.25) is 0 Å². The van der Waals surface area contributed by atoms with Crippen molar-refractivity contribution >= 4 is 149 Å². The first-order valence-corrected chi connectivity index (χ1v) is 7.85. The Morgan fingerprint density at radius 2 is 0.731 bits per heavy atom. The maximum absolute atomic E-state index is 4.63. The molecule has 0 saturated carbocycles. The van der Waals surface area contributed by atoms with Gasteiger partial charge in [-0.05, 0) is 72.8 Å². The number of H-pyrrole nitrogens is 2. The molecular formula is C20H16K2N4. The summed E-state index contributed by atoms with van der Waals surface area (Å²) in [5.74, 6) is 0. The van der Waals surface area contributed by atoms with Gasteiger partial charge in [-0.1, -0.05) is 0 Å². The van der Waals surface area contributed by atoms with Crippen LogP contribution in [-0.2, 0) is 0 Å². The summed E-state index contributed by atoms with van der Waals surface area (Å²) in [5.41, 5.74) is 7.86. The number of fused-ring (bicyclic) bond motifs is 8. The van der Waals surface area contributed by atoms with Gasteiger partial charge in [-0.2, -0.15) is 0 Å². The number of rotatable bonds is 0. The average Bonchev–Trinajstić information content (AvgIpc) is 3.32. The summed E-state index contributed by atoms with van der Waals surface area (Å²) in [6.07, 6.45) is 8.09. The van der Waals surface area contributed by atoms with Gasteiger partial charge in [0.1, 0.15) is 0 Å². The van der Waals surface area contributed by atoms with E-state index >= 15 is 0 Å². The molecule has 5 heterocycles. The molecule has 2 aliphatic heterocycles. The Labute approximate surface area is 236 Å². The van der Waals surface area contributed by atoms with Crippen LogP contribution in [0.4, 0.5) is 0 Å². The third kappa shape index (κ3) is 4.64. The first-order valence-electron chi connectivity index (χ1n) is 7.85. The molecule has 0 aliphatic carbocycles. The molecule has 0 saturated heterocycles. The third-order valence-corrected chi connectivity index (χ3v) is 4.04. The zero-order valence-electron chi connectivity index (χ0n) is 12.8. The SMILES string of the molecule is C1=Cc2cc3ccc(cc4nc(cc5ccc(cc1n2)[nH]5)C=C4)[nH]3.[KH].[KH]. The fourth-order valence-electron chi connectivity index (χ4n) is 2.94. The van der Waals surface area contributed by atoms with Crippen LogP contribution in [-0.4, -0.2) is 123 Å². The molecule has 118 valence electrons. The van der Waals surface area contributed by atoms with Crippen molar-refractivity contribution in [1.82, 2.24) is 19.9 Å². The molecule has 0 unspecified atom stereocenters. The standard InChI is InChI=1S/C20H14N4.2K.2H/c1-2-14-10-16-5-6-18(23-16)12-20-8-7-19(24-20)11-17-4-3-15(22-17)9-13(1)21-14;;;;/h1-12,21,24H;;;;. The summed E-state index contributed by atoms with van der Waals surface area (Å²) < 4.78 is 0. The molecule has 8 bridgehead atoms. The zero-order valence-corrected chi connectivity index (χ0v) is 12.8. The van der Waals surface area contributed by atoms with Crippen molar-refractivity contribution in [3.05, 3.63) is 71.3 Å². The van der Waals surface area contributed by atoms with Gasteiger partial charge in [-0.25, -0.2) is 9.97 Å². The van der Waals surface area contributed by atoms with Gasteiger partial charge < -0.3 is 9.97 Å². The van der Waals surface area contributed by atoms with E-state index in [-0.39, 0.29) is 103 Å². The second kappa shape index (κ2) is 8.92. The molecule has 0 amide bonds. The van der Waals surface area contributed by atoms with Gasteiger partial charge in [0.25, 0.3) is 0 Å². The van der Waals surface area contributed by atoms with Gasteiger partial charge in [-0.3, -0.25) is 0 Å². The number of hydrogen-bond donors (Lipinski definition) is 2. The van der Waals surface area contributed by atoms with Crippen LogP contribution in [0.3, 0.4) is 0 Å². The molecule has 6 heteroatoms. The first kappa shape index (κ1) is 20.6. The minimum atomic E-state index is 0. The van der Waals surface area contributed by atoms with Crippen LogP contribution in [0.15, 0.2) is 48.5 Å². The number of aromatic nitrogens is 4. The van der Waals surface area contributed by atoms with E-state index in [1.165, 1.54) is 0 Å². The van der Waals surface area contributed by atoms with Crippen molar-refractivity contribution in [2.75, 3.05) is 0 Å². The fourth-order valence-corrected chi connectivity index (χ4v) is 2.94. The molecule has 0 aromatic carbocycles. The monoisotopic (exact) mass is 390 g/mol. The van der Waals surface area contributed by atoms with E-state index in [2.05, 4.69) is 44.2 Å². The fraction of sp³-hybridized carbons (Fsp3) is 0. The number of nitrogens with zero attached hydrogens (tertiary/aromatic N) is 2. The number of nitrogens with one attached hydrogen (secondary N) is 2. The minimum absolute atomic E-state index is 0. The predicted molar refractivity (Wildman–Crippen MR) is 113 cm³/mol. The van der Waals surface area contributed by atoms with Crippen LogP contribution >= 0.6 is 0 Å². The van der Waals surface area contributed by atoms with Crippen LogP contribution in [0.25, 0.3) is 46.4 Å².